The van der Waals surface area contributed by atoms with Crippen molar-refractivity contribution in [1.82, 2.24) is 9.47 Å². The molecule has 6 nitrogen and oxygen atoms in total. The van der Waals surface area contributed by atoms with Crippen LogP contribution in [0.4, 0.5) is 0 Å². The molecule has 1 saturated heterocycles. The molecule has 1 fully saturated rings. The fraction of sp³-hybridized carbons (Fsp3) is 0.571. The second-order valence-electron chi connectivity index (χ2n) is 5.21. The van der Waals surface area contributed by atoms with Gasteiger partial charge in [-0.1, -0.05) is 6.92 Å². The first-order valence-electron chi connectivity index (χ1n) is 6.72. The Balaban J connectivity index is 2.11. The van der Waals surface area contributed by atoms with Crippen molar-refractivity contribution >= 4 is 11.9 Å². The Bertz CT molecular complexity index is 497. The molecular weight excluding hydrogens is 260 g/mol. The molecule has 1 aliphatic heterocycles. The van der Waals surface area contributed by atoms with E-state index in [0.717, 1.165) is 6.42 Å². The van der Waals surface area contributed by atoms with E-state index in [9.17, 15) is 9.59 Å². The average molecular weight is 280 g/mol. The number of ether oxygens (including phenoxy) is 1. The molecular formula is C14H20N2O4. The Morgan fingerprint density at radius 1 is 1.50 bits per heavy atom. The van der Waals surface area contributed by atoms with E-state index >= 15 is 0 Å². The number of carbonyl (C=O) groups is 2. The molecule has 0 aliphatic carbocycles. The monoisotopic (exact) mass is 280 g/mol. The van der Waals surface area contributed by atoms with Gasteiger partial charge in [0.15, 0.2) is 0 Å². The van der Waals surface area contributed by atoms with Crippen LogP contribution in [0.3, 0.4) is 0 Å². The van der Waals surface area contributed by atoms with E-state index in [2.05, 4.69) is 6.92 Å². The predicted octanol–water partition coefficient (Wildman–Crippen LogP) is 1.07. The highest BCUT2D eigenvalue weighted by Gasteiger charge is 2.30. The number of carboxylic acids is 1. The van der Waals surface area contributed by atoms with Crippen molar-refractivity contribution < 1.29 is 19.4 Å². The molecule has 2 rings (SSSR count). The molecule has 2 heterocycles. The summed E-state index contributed by atoms with van der Waals surface area (Å²) < 4.78 is 6.86. The first-order valence-corrected chi connectivity index (χ1v) is 6.72. The zero-order valence-electron chi connectivity index (χ0n) is 11.8. The predicted molar refractivity (Wildman–Crippen MR) is 72.5 cm³/mol. The number of piperidine rings is 1. The molecule has 0 saturated carbocycles. The van der Waals surface area contributed by atoms with Gasteiger partial charge in [-0.15, -0.1) is 0 Å². The molecule has 6 heteroatoms. The third kappa shape index (κ3) is 3.01. The number of carboxylic acid groups (broad SMARTS) is 1. The summed E-state index contributed by atoms with van der Waals surface area (Å²) in [6.45, 7) is 3.14. The maximum atomic E-state index is 12.5. The van der Waals surface area contributed by atoms with Crippen LogP contribution < -0.4 is 0 Å². The Hall–Kier alpha value is -1.82. The maximum Gasteiger partial charge on any atom is 0.323 e. The lowest BCUT2D eigenvalue weighted by Crippen LogP contribution is -2.47. The van der Waals surface area contributed by atoms with Gasteiger partial charge in [-0.3, -0.25) is 9.59 Å². The van der Waals surface area contributed by atoms with Crippen LogP contribution in [0.15, 0.2) is 18.3 Å². The van der Waals surface area contributed by atoms with Crippen LogP contribution >= 0.6 is 0 Å². The summed E-state index contributed by atoms with van der Waals surface area (Å²) in [5.41, 5.74) is 0.414. The highest BCUT2D eigenvalue weighted by molar-refractivity contribution is 5.93. The van der Waals surface area contributed by atoms with Crippen LogP contribution in [0, 0.1) is 5.92 Å². The summed E-state index contributed by atoms with van der Waals surface area (Å²) in [7, 11) is 1.66. The summed E-state index contributed by atoms with van der Waals surface area (Å²) in [5.74, 6) is -0.669. The number of amides is 1. The molecule has 2 unspecified atom stereocenters. The van der Waals surface area contributed by atoms with E-state index in [1.54, 1.807) is 30.3 Å². The number of nitrogens with zero attached hydrogens (tertiary/aromatic N) is 2. The molecule has 1 N–H and O–H groups in total. The third-order valence-electron chi connectivity index (χ3n) is 3.83. The van der Waals surface area contributed by atoms with Crippen molar-refractivity contribution in [3.05, 3.63) is 24.0 Å². The van der Waals surface area contributed by atoms with Gasteiger partial charge in [-0.2, -0.15) is 0 Å². The molecule has 1 amide bonds. The number of aromatic nitrogens is 1. The van der Waals surface area contributed by atoms with Gasteiger partial charge in [0.05, 0.1) is 6.10 Å². The fourth-order valence-electron chi connectivity index (χ4n) is 2.58. The van der Waals surface area contributed by atoms with Crippen LogP contribution in [-0.4, -0.2) is 52.8 Å². The smallest absolute Gasteiger partial charge is 0.323 e. The van der Waals surface area contributed by atoms with Gasteiger partial charge in [0, 0.05) is 26.4 Å². The minimum atomic E-state index is -0.961. The van der Waals surface area contributed by atoms with E-state index in [0.29, 0.717) is 24.7 Å². The topological polar surface area (TPSA) is 71.8 Å². The van der Waals surface area contributed by atoms with E-state index in [4.69, 9.17) is 9.84 Å². The Labute approximate surface area is 117 Å². The van der Waals surface area contributed by atoms with Crippen LogP contribution in [0.25, 0.3) is 0 Å². The number of likely N-dealkylation sites (tertiary alicyclic amines) is 1. The number of carbonyl (C=O) groups excluding carboxylic acids is 1. The zero-order chi connectivity index (χ0) is 14.7. The Morgan fingerprint density at radius 3 is 2.90 bits per heavy atom. The lowest BCUT2D eigenvalue weighted by Gasteiger charge is -2.36. The highest BCUT2D eigenvalue weighted by atomic mass is 16.5. The average Bonchev–Trinajstić information content (AvgIpc) is 2.85. The van der Waals surface area contributed by atoms with E-state index in [1.807, 2.05) is 0 Å². The van der Waals surface area contributed by atoms with Gasteiger partial charge in [0.1, 0.15) is 12.2 Å². The summed E-state index contributed by atoms with van der Waals surface area (Å²) in [4.78, 5) is 25.0. The first kappa shape index (κ1) is 14.6. The fourth-order valence-corrected chi connectivity index (χ4v) is 2.58. The number of rotatable bonds is 4. The Kier molecular flexibility index (Phi) is 4.44. The molecule has 1 aliphatic rings. The van der Waals surface area contributed by atoms with Crippen LogP contribution in [0.2, 0.25) is 0 Å². The van der Waals surface area contributed by atoms with Crippen LogP contribution in [0.1, 0.15) is 23.8 Å². The molecule has 0 bridgehead atoms. The lowest BCUT2D eigenvalue weighted by atomic mass is 9.95. The molecule has 1 aromatic rings. The van der Waals surface area contributed by atoms with Gasteiger partial charge >= 0.3 is 5.97 Å². The number of aliphatic carboxylic acids is 1. The largest absolute Gasteiger partial charge is 0.480 e. The number of hydrogen-bond donors (Lipinski definition) is 1. The second kappa shape index (κ2) is 6.09. The molecule has 2 atom stereocenters. The standard InChI is InChI=1S/C14H20N2O4/c1-10-5-7-16(8-12(10)20-2)14(19)11-4-3-6-15(11)9-13(17)18/h3-4,6,10,12H,5,7-9H2,1-2H3,(H,17,18). The molecule has 110 valence electrons. The van der Waals surface area contributed by atoms with Gasteiger partial charge in [0.2, 0.25) is 0 Å². The van der Waals surface area contributed by atoms with Gasteiger partial charge in [-0.05, 0) is 24.5 Å². The van der Waals surface area contributed by atoms with E-state index in [1.165, 1.54) is 4.57 Å². The summed E-state index contributed by atoms with van der Waals surface area (Å²) in [6, 6.07) is 3.35. The maximum absolute atomic E-state index is 12.5. The molecule has 20 heavy (non-hydrogen) atoms. The molecule has 0 aromatic carbocycles. The zero-order valence-corrected chi connectivity index (χ0v) is 11.8. The number of hydrogen-bond acceptors (Lipinski definition) is 3. The minimum absolute atomic E-state index is 0.0376. The minimum Gasteiger partial charge on any atom is -0.480 e. The Morgan fingerprint density at radius 2 is 2.25 bits per heavy atom. The van der Waals surface area contributed by atoms with Crippen LogP contribution in [0.5, 0.6) is 0 Å². The quantitative estimate of drug-likeness (QED) is 0.895. The number of methoxy groups -OCH3 is 1. The van der Waals surface area contributed by atoms with E-state index < -0.39 is 5.97 Å². The third-order valence-corrected chi connectivity index (χ3v) is 3.83. The van der Waals surface area contributed by atoms with E-state index in [-0.39, 0.29) is 18.6 Å². The van der Waals surface area contributed by atoms with Crippen molar-refractivity contribution in [2.45, 2.75) is 26.0 Å². The lowest BCUT2D eigenvalue weighted by molar-refractivity contribution is -0.137. The summed E-state index contributed by atoms with van der Waals surface area (Å²) in [5, 5.41) is 8.85. The second-order valence-corrected chi connectivity index (χ2v) is 5.21. The van der Waals surface area contributed by atoms with Crippen molar-refractivity contribution in [1.29, 1.82) is 0 Å². The molecule has 1 aromatic heterocycles. The van der Waals surface area contributed by atoms with Crippen LogP contribution in [-0.2, 0) is 16.1 Å². The highest BCUT2D eigenvalue weighted by Crippen LogP contribution is 2.21. The van der Waals surface area contributed by atoms with Gasteiger partial charge in [0.25, 0.3) is 5.91 Å². The summed E-state index contributed by atoms with van der Waals surface area (Å²) in [6.07, 6.45) is 2.54. The van der Waals surface area contributed by atoms with Gasteiger partial charge < -0.3 is 19.3 Å². The SMILES string of the molecule is COC1CN(C(=O)c2cccn2CC(=O)O)CCC1C. The molecule has 0 radical (unpaired) electrons. The van der Waals surface area contributed by atoms with Crippen molar-refractivity contribution in [2.24, 2.45) is 5.92 Å². The van der Waals surface area contributed by atoms with Crippen molar-refractivity contribution in [3.8, 4) is 0 Å². The van der Waals surface area contributed by atoms with Crippen molar-refractivity contribution in [3.63, 3.8) is 0 Å². The summed E-state index contributed by atoms with van der Waals surface area (Å²) >= 11 is 0. The van der Waals surface area contributed by atoms with Gasteiger partial charge in [-0.25, -0.2) is 0 Å². The normalized spacial score (nSPS) is 22.8. The molecule has 0 spiro atoms. The first-order chi connectivity index (χ1) is 9.52. The van der Waals surface area contributed by atoms with Crippen molar-refractivity contribution in [2.75, 3.05) is 20.2 Å².